The van der Waals surface area contributed by atoms with Crippen molar-refractivity contribution in [3.8, 4) is 0 Å². The summed E-state index contributed by atoms with van der Waals surface area (Å²) in [5, 5.41) is -0.257. The zero-order valence-electron chi connectivity index (χ0n) is 15.7. The van der Waals surface area contributed by atoms with E-state index in [-0.39, 0.29) is 10.7 Å². The molecule has 28 heavy (non-hydrogen) atoms. The molecule has 1 N–H and O–H groups in total. The van der Waals surface area contributed by atoms with Gasteiger partial charge in [0.05, 0.1) is 24.5 Å². The number of fused-ring (bicyclic) bond motifs is 1. The van der Waals surface area contributed by atoms with Crippen LogP contribution in [0.15, 0.2) is 28.3 Å². The van der Waals surface area contributed by atoms with Gasteiger partial charge in [0.1, 0.15) is 5.82 Å². The summed E-state index contributed by atoms with van der Waals surface area (Å²) in [6.07, 6.45) is 3.46. The molecule has 2 aromatic heterocycles. The summed E-state index contributed by atoms with van der Waals surface area (Å²) in [6.45, 7) is 4.95. The molecule has 10 heteroatoms. The summed E-state index contributed by atoms with van der Waals surface area (Å²) in [4.78, 5) is 27.8. The SMILES string of the molecule is CS(=O)(=O)c1nc2c(c(=O)[nH]1)CN(Cc1ccc(N3CCOCC3)nc1)CC2. The van der Waals surface area contributed by atoms with E-state index in [9.17, 15) is 13.2 Å². The first-order valence-corrected chi connectivity index (χ1v) is 11.1. The van der Waals surface area contributed by atoms with E-state index < -0.39 is 9.84 Å². The van der Waals surface area contributed by atoms with Gasteiger partial charge < -0.3 is 9.64 Å². The molecule has 9 nitrogen and oxygen atoms in total. The third-order valence-electron chi connectivity index (χ3n) is 5.03. The van der Waals surface area contributed by atoms with Crippen LogP contribution in [0.4, 0.5) is 5.82 Å². The summed E-state index contributed by atoms with van der Waals surface area (Å²) in [5.74, 6) is 0.949. The molecular weight excluding hydrogens is 382 g/mol. The number of aromatic amines is 1. The van der Waals surface area contributed by atoms with Crippen LogP contribution in [0.5, 0.6) is 0 Å². The first-order valence-electron chi connectivity index (χ1n) is 9.22. The van der Waals surface area contributed by atoms with Crippen LogP contribution < -0.4 is 10.5 Å². The Morgan fingerprint density at radius 3 is 2.68 bits per heavy atom. The number of ether oxygens (including phenoxy) is 1. The minimum Gasteiger partial charge on any atom is -0.378 e. The maximum Gasteiger partial charge on any atom is 0.256 e. The summed E-state index contributed by atoms with van der Waals surface area (Å²) < 4.78 is 28.7. The molecule has 0 bridgehead atoms. The Morgan fingerprint density at radius 2 is 2.00 bits per heavy atom. The number of H-pyrrole nitrogens is 1. The molecule has 0 aliphatic carbocycles. The number of pyridine rings is 1. The first kappa shape index (κ1) is 19.0. The predicted molar refractivity (Wildman–Crippen MR) is 103 cm³/mol. The van der Waals surface area contributed by atoms with Crippen LogP contribution in [-0.2, 0) is 34.1 Å². The zero-order valence-corrected chi connectivity index (χ0v) is 16.5. The summed E-state index contributed by atoms with van der Waals surface area (Å²) >= 11 is 0. The zero-order chi connectivity index (χ0) is 19.7. The van der Waals surface area contributed by atoms with E-state index in [4.69, 9.17) is 4.74 Å². The van der Waals surface area contributed by atoms with Crippen molar-refractivity contribution in [1.29, 1.82) is 0 Å². The lowest BCUT2D eigenvalue weighted by atomic mass is 10.1. The maximum absolute atomic E-state index is 12.3. The van der Waals surface area contributed by atoms with Gasteiger partial charge in [-0.15, -0.1) is 0 Å². The highest BCUT2D eigenvalue weighted by Gasteiger charge is 2.23. The Bertz CT molecular complexity index is 1010. The van der Waals surface area contributed by atoms with Crippen LogP contribution in [0.25, 0.3) is 0 Å². The Kier molecular flexibility index (Phi) is 5.17. The third kappa shape index (κ3) is 4.08. The molecule has 0 aromatic carbocycles. The minimum absolute atomic E-state index is 0.257. The molecule has 1 saturated heterocycles. The van der Waals surface area contributed by atoms with Gasteiger partial charge in [0, 0.05) is 51.6 Å². The molecule has 0 amide bonds. The molecule has 0 atom stereocenters. The highest BCUT2D eigenvalue weighted by atomic mass is 32.2. The molecule has 0 unspecified atom stereocenters. The average molecular weight is 405 g/mol. The van der Waals surface area contributed by atoms with Gasteiger partial charge in [0.2, 0.25) is 15.0 Å². The van der Waals surface area contributed by atoms with Crippen LogP contribution in [-0.4, -0.2) is 67.4 Å². The lowest BCUT2D eigenvalue weighted by Gasteiger charge is -2.29. The molecule has 150 valence electrons. The van der Waals surface area contributed by atoms with Crippen LogP contribution in [0.2, 0.25) is 0 Å². The predicted octanol–water partition coefficient (Wildman–Crippen LogP) is -0.0367. The van der Waals surface area contributed by atoms with Gasteiger partial charge in [0.15, 0.2) is 0 Å². The Labute approximate surface area is 163 Å². The fourth-order valence-electron chi connectivity index (χ4n) is 3.52. The Morgan fingerprint density at radius 1 is 1.21 bits per heavy atom. The number of rotatable bonds is 4. The Hall–Kier alpha value is -2.30. The van der Waals surface area contributed by atoms with Crippen molar-refractivity contribution in [2.75, 3.05) is 44.0 Å². The van der Waals surface area contributed by atoms with Gasteiger partial charge in [-0.25, -0.2) is 18.4 Å². The highest BCUT2D eigenvalue weighted by molar-refractivity contribution is 7.90. The number of nitrogens with zero attached hydrogens (tertiary/aromatic N) is 4. The second-order valence-corrected chi connectivity index (χ2v) is 9.08. The average Bonchev–Trinajstić information content (AvgIpc) is 2.69. The van der Waals surface area contributed by atoms with Crippen molar-refractivity contribution in [2.45, 2.75) is 24.7 Å². The molecule has 4 rings (SSSR count). The van der Waals surface area contributed by atoms with E-state index in [2.05, 4.69) is 30.8 Å². The lowest BCUT2D eigenvalue weighted by Crippen LogP contribution is -2.37. The molecule has 2 aliphatic rings. The molecule has 2 aromatic rings. The standard InChI is InChI=1S/C18H23N5O4S/c1-28(25,26)18-20-15-4-5-22(12-14(15)17(24)21-18)11-13-2-3-16(19-10-13)23-6-8-27-9-7-23/h2-3,10H,4-9,11-12H2,1H3,(H,20,21,24). The maximum atomic E-state index is 12.3. The molecule has 0 spiro atoms. The number of aromatic nitrogens is 3. The van der Waals surface area contributed by atoms with Crippen LogP contribution in [0, 0.1) is 0 Å². The number of sulfone groups is 1. The van der Waals surface area contributed by atoms with Gasteiger partial charge in [-0.1, -0.05) is 6.07 Å². The fourth-order valence-corrected chi connectivity index (χ4v) is 4.07. The number of hydrogen-bond acceptors (Lipinski definition) is 8. The number of nitrogens with one attached hydrogen (secondary N) is 1. The summed E-state index contributed by atoms with van der Waals surface area (Å²) in [7, 11) is -3.53. The van der Waals surface area contributed by atoms with E-state index in [0.29, 0.717) is 37.3 Å². The minimum atomic E-state index is -3.53. The Balaban J connectivity index is 1.46. The molecular formula is C18H23N5O4S. The second-order valence-electron chi connectivity index (χ2n) is 7.15. The van der Waals surface area contributed by atoms with E-state index in [1.54, 1.807) is 0 Å². The topological polar surface area (TPSA) is 108 Å². The van der Waals surface area contributed by atoms with E-state index in [1.165, 1.54) is 0 Å². The van der Waals surface area contributed by atoms with Crippen LogP contribution in [0.1, 0.15) is 16.8 Å². The monoisotopic (exact) mass is 405 g/mol. The third-order valence-corrected chi connectivity index (χ3v) is 5.92. The number of hydrogen-bond donors (Lipinski definition) is 1. The van der Waals surface area contributed by atoms with Gasteiger partial charge >= 0.3 is 0 Å². The van der Waals surface area contributed by atoms with E-state index in [1.807, 2.05) is 12.3 Å². The van der Waals surface area contributed by atoms with Gasteiger partial charge in [0.25, 0.3) is 5.56 Å². The molecule has 1 fully saturated rings. The van der Waals surface area contributed by atoms with Gasteiger partial charge in [-0.2, -0.15) is 0 Å². The van der Waals surface area contributed by atoms with Crippen LogP contribution >= 0.6 is 0 Å². The van der Waals surface area contributed by atoms with Crippen molar-refractivity contribution in [3.05, 3.63) is 45.5 Å². The molecule has 0 saturated carbocycles. The van der Waals surface area contributed by atoms with Crippen molar-refractivity contribution < 1.29 is 13.2 Å². The number of anilines is 1. The summed E-state index contributed by atoms with van der Waals surface area (Å²) in [5.41, 5.74) is 1.80. The molecule has 0 radical (unpaired) electrons. The number of morpholine rings is 1. The van der Waals surface area contributed by atoms with Crippen LogP contribution in [0.3, 0.4) is 0 Å². The molecule has 2 aliphatic heterocycles. The molecule has 4 heterocycles. The second kappa shape index (κ2) is 7.61. The lowest BCUT2D eigenvalue weighted by molar-refractivity contribution is 0.122. The highest BCUT2D eigenvalue weighted by Crippen LogP contribution is 2.19. The normalized spacial score (nSPS) is 18.1. The van der Waals surface area contributed by atoms with Gasteiger partial charge in [-0.05, 0) is 11.6 Å². The van der Waals surface area contributed by atoms with E-state index in [0.717, 1.165) is 43.9 Å². The first-order chi connectivity index (χ1) is 13.4. The van der Waals surface area contributed by atoms with Crippen molar-refractivity contribution >= 4 is 15.7 Å². The van der Waals surface area contributed by atoms with Gasteiger partial charge in [-0.3, -0.25) is 14.7 Å². The largest absolute Gasteiger partial charge is 0.378 e. The van der Waals surface area contributed by atoms with Crippen molar-refractivity contribution in [2.24, 2.45) is 0 Å². The fraction of sp³-hybridized carbons (Fsp3) is 0.500. The summed E-state index contributed by atoms with van der Waals surface area (Å²) in [6, 6.07) is 4.08. The van der Waals surface area contributed by atoms with Crippen molar-refractivity contribution in [1.82, 2.24) is 19.9 Å². The quantitative estimate of drug-likeness (QED) is 0.706. The van der Waals surface area contributed by atoms with Crippen molar-refractivity contribution in [3.63, 3.8) is 0 Å². The smallest absolute Gasteiger partial charge is 0.256 e. The van der Waals surface area contributed by atoms with E-state index >= 15 is 0 Å².